The summed E-state index contributed by atoms with van der Waals surface area (Å²) in [5.74, 6) is -3.31. The van der Waals surface area contributed by atoms with Crippen molar-refractivity contribution in [3.8, 4) is 0 Å². The van der Waals surface area contributed by atoms with Crippen LogP contribution in [0.5, 0.6) is 0 Å². The number of rotatable bonds is 5. The second-order valence-corrected chi connectivity index (χ2v) is 7.97. The van der Waals surface area contributed by atoms with Crippen LogP contribution in [0.3, 0.4) is 0 Å². The van der Waals surface area contributed by atoms with Crippen molar-refractivity contribution >= 4 is 27.3 Å². The van der Waals surface area contributed by atoms with E-state index >= 15 is 0 Å². The molecule has 3 aromatic carbocycles. The highest BCUT2D eigenvalue weighted by Crippen LogP contribution is 2.29. The zero-order chi connectivity index (χ0) is 22.8. The van der Waals surface area contributed by atoms with Crippen LogP contribution < -0.4 is 10.0 Å². The van der Waals surface area contributed by atoms with E-state index in [1.807, 2.05) is 0 Å². The quantitative estimate of drug-likeness (QED) is 0.529. The van der Waals surface area contributed by atoms with E-state index in [4.69, 9.17) is 0 Å². The molecule has 0 radical (unpaired) electrons. The van der Waals surface area contributed by atoms with E-state index in [0.717, 1.165) is 18.2 Å². The molecule has 0 saturated heterocycles. The molecule has 0 heterocycles. The molecule has 0 saturated carbocycles. The van der Waals surface area contributed by atoms with Gasteiger partial charge in [-0.2, -0.15) is 13.2 Å². The first-order chi connectivity index (χ1) is 14.5. The maximum atomic E-state index is 13.3. The van der Waals surface area contributed by atoms with Crippen LogP contribution in [0.15, 0.2) is 71.6 Å². The Hall–Kier alpha value is -3.47. The van der Waals surface area contributed by atoms with Gasteiger partial charge in [0.05, 0.1) is 10.5 Å². The molecule has 0 aromatic heterocycles. The fraction of sp³-hybridized carbons (Fsp3) is 0.0500. The lowest BCUT2D eigenvalue weighted by Crippen LogP contribution is -2.15. The van der Waals surface area contributed by atoms with Crippen LogP contribution in [0.2, 0.25) is 0 Å². The van der Waals surface area contributed by atoms with E-state index in [9.17, 15) is 35.2 Å². The van der Waals surface area contributed by atoms with Crippen LogP contribution in [0, 0.1) is 11.6 Å². The summed E-state index contributed by atoms with van der Waals surface area (Å²) in [4.78, 5) is 11.7. The molecule has 0 aliphatic rings. The van der Waals surface area contributed by atoms with Gasteiger partial charge in [0.25, 0.3) is 15.9 Å². The molecule has 1 amide bonds. The Morgan fingerprint density at radius 2 is 1.45 bits per heavy atom. The number of amides is 1. The molecule has 0 aliphatic carbocycles. The minimum absolute atomic E-state index is 0.0572. The van der Waals surface area contributed by atoms with Crippen molar-refractivity contribution in [2.75, 3.05) is 10.0 Å². The van der Waals surface area contributed by atoms with Crippen molar-refractivity contribution < 1.29 is 35.2 Å². The van der Waals surface area contributed by atoms with E-state index in [0.29, 0.717) is 18.2 Å². The summed E-state index contributed by atoms with van der Waals surface area (Å²) in [5, 5.41) is 2.40. The van der Waals surface area contributed by atoms with Gasteiger partial charge in [0.15, 0.2) is 11.6 Å². The number of anilines is 2. The average Bonchev–Trinajstić information content (AvgIpc) is 2.70. The number of halogens is 5. The summed E-state index contributed by atoms with van der Waals surface area (Å²) in [6, 6.07) is 11.1. The topological polar surface area (TPSA) is 75.3 Å². The molecular weight excluding hydrogens is 443 g/mol. The predicted molar refractivity (Wildman–Crippen MR) is 103 cm³/mol. The number of hydrogen-bond donors (Lipinski definition) is 2. The minimum atomic E-state index is -4.59. The zero-order valence-electron chi connectivity index (χ0n) is 15.4. The van der Waals surface area contributed by atoms with Gasteiger partial charge in [0.2, 0.25) is 0 Å². The van der Waals surface area contributed by atoms with Crippen LogP contribution in [0.4, 0.5) is 33.3 Å². The van der Waals surface area contributed by atoms with Crippen LogP contribution in [0.25, 0.3) is 0 Å². The smallest absolute Gasteiger partial charge is 0.322 e. The molecule has 3 aromatic rings. The van der Waals surface area contributed by atoms with Crippen LogP contribution in [0.1, 0.15) is 15.9 Å². The van der Waals surface area contributed by atoms with E-state index in [-0.39, 0.29) is 16.9 Å². The van der Waals surface area contributed by atoms with Crippen molar-refractivity contribution in [1.29, 1.82) is 0 Å². The van der Waals surface area contributed by atoms with Gasteiger partial charge >= 0.3 is 6.18 Å². The summed E-state index contributed by atoms with van der Waals surface area (Å²) in [5.41, 5.74) is -0.930. The first-order valence-corrected chi connectivity index (χ1v) is 10.0. The lowest BCUT2D eigenvalue weighted by atomic mass is 10.1. The predicted octanol–water partition coefficient (Wildman–Crippen LogP) is 5.04. The number of benzene rings is 3. The molecule has 0 spiro atoms. The van der Waals surface area contributed by atoms with Crippen LogP contribution in [-0.4, -0.2) is 14.3 Å². The summed E-state index contributed by atoms with van der Waals surface area (Å²) in [7, 11) is -4.20. The molecule has 0 atom stereocenters. The van der Waals surface area contributed by atoms with Crippen molar-refractivity contribution in [2.24, 2.45) is 0 Å². The monoisotopic (exact) mass is 456 g/mol. The largest absolute Gasteiger partial charge is 0.416 e. The molecule has 0 bridgehead atoms. The fourth-order valence-corrected chi connectivity index (χ4v) is 3.59. The SMILES string of the molecule is O=C(Nc1ccc(NS(=O)(=O)c2ccc(F)c(F)c2)cc1)c1cccc(C(F)(F)F)c1. The second kappa shape index (κ2) is 8.34. The maximum Gasteiger partial charge on any atom is 0.416 e. The number of sulfonamides is 1. The van der Waals surface area contributed by atoms with Gasteiger partial charge in [-0.25, -0.2) is 17.2 Å². The Kier molecular flexibility index (Phi) is 5.98. The van der Waals surface area contributed by atoms with Gasteiger partial charge in [-0.15, -0.1) is 0 Å². The Labute approximate surface area is 173 Å². The number of hydrogen-bond acceptors (Lipinski definition) is 3. The molecule has 0 unspecified atom stereocenters. The third-order valence-electron chi connectivity index (χ3n) is 4.05. The van der Waals surface area contributed by atoms with Gasteiger partial charge < -0.3 is 5.32 Å². The van der Waals surface area contributed by atoms with Gasteiger partial charge in [-0.05, 0) is 60.7 Å². The molecule has 0 fully saturated rings. The Balaban J connectivity index is 1.72. The Bertz CT molecular complexity index is 1230. The van der Waals surface area contributed by atoms with E-state index in [1.54, 1.807) is 0 Å². The highest BCUT2D eigenvalue weighted by molar-refractivity contribution is 7.92. The second-order valence-electron chi connectivity index (χ2n) is 6.29. The van der Waals surface area contributed by atoms with E-state index in [2.05, 4.69) is 10.0 Å². The third-order valence-corrected chi connectivity index (χ3v) is 5.43. The standard InChI is InChI=1S/C20H13F5N2O3S/c21-17-9-8-16(11-18(17)22)31(29,30)27-15-6-4-14(5-7-15)26-19(28)12-2-1-3-13(10-12)20(23,24)25/h1-11,27H,(H,26,28). The average molecular weight is 456 g/mol. The summed E-state index contributed by atoms with van der Waals surface area (Å²) in [6.07, 6.45) is -4.59. The normalized spacial score (nSPS) is 11.8. The van der Waals surface area contributed by atoms with Gasteiger partial charge in [0.1, 0.15) is 0 Å². The molecule has 31 heavy (non-hydrogen) atoms. The lowest BCUT2D eigenvalue weighted by molar-refractivity contribution is -0.137. The molecule has 0 aliphatic heterocycles. The molecule has 2 N–H and O–H groups in total. The van der Waals surface area contributed by atoms with Crippen LogP contribution >= 0.6 is 0 Å². The first kappa shape index (κ1) is 22.2. The Morgan fingerprint density at radius 1 is 0.806 bits per heavy atom. The van der Waals surface area contributed by atoms with Crippen molar-refractivity contribution in [2.45, 2.75) is 11.1 Å². The minimum Gasteiger partial charge on any atom is -0.322 e. The van der Waals surface area contributed by atoms with Crippen LogP contribution in [-0.2, 0) is 16.2 Å². The fourth-order valence-electron chi connectivity index (χ4n) is 2.52. The number of carbonyl (C=O) groups excluding carboxylic acids is 1. The Morgan fingerprint density at radius 3 is 2.06 bits per heavy atom. The van der Waals surface area contributed by atoms with Gasteiger partial charge in [0, 0.05) is 16.9 Å². The highest BCUT2D eigenvalue weighted by Gasteiger charge is 2.30. The number of carbonyl (C=O) groups is 1. The van der Waals surface area contributed by atoms with E-state index in [1.165, 1.54) is 30.3 Å². The first-order valence-electron chi connectivity index (χ1n) is 8.52. The third kappa shape index (κ3) is 5.37. The highest BCUT2D eigenvalue weighted by atomic mass is 32.2. The van der Waals surface area contributed by atoms with Crippen molar-refractivity contribution in [3.05, 3.63) is 89.5 Å². The lowest BCUT2D eigenvalue weighted by Gasteiger charge is -2.11. The number of alkyl halides is 3. The summed E-state index contributed by atoms with van der Waals surface area (Å²) in [6.45, 7) is 0. The molecule has 3 rings (SSSR count). The maximum absolute atomic E-state index is 13.3. The van der Waals surface area contributed by atoms with Crippen molar-refractivity contribution in [1.82, 2.24) is 0 Å². The summed E-state index contributed by atoms with van der Waals surface area (Å²) < 4.78 is 91.3. The molecular formula is C20H13F5N2O3S. The molecule has 162 valence electrons. The van der Waals surface area contributed by atoms with Crippen molar-refractivity contribution in [3.63, 3.8) is 0 Å². The number of nitrogens with one attached hydrogen (secondary N) is 2. The summed E-state index contributed by atoms with van der Waals surface area (Å²) >= 11 is 0. The van der Waals surface area contributed by atoms with E-state index < -0.39 is 44.2 Å². The van der Waals surface area contributed by atoms with Gasteiger partial charge in [-0.1, -0.05) is 6.07 Å². The molecule has 11 heteroatoms. The zero-order valence-corrected chi connectivity index (χ0v) is 16.2. The molecule has 5 nitrogen and oxygen atoms in total. The van der Waals surface area contributed by atoms with Gasteiger partial charge in [-0.3, -0.25) is 9.52 Å².